The molecule has 1 fully saturated rings. The second-order valence-electron chi connectivity index (χ2n) is 6.59. The molecule has 1 heterocycles. The maximum absolute atomic E-state index is 13.0. The number of nitrogens with zero attached hydrogens (tertiary/aromatic N) is 2. The van der Waals surface area contributed by atoms with Crippen molar-refractivity contribution >= 4 is 33.3 Å². The Bertz CT molecular complexity index is 835. The van der Waals surface area contributed by atoms with E-state index in [0.717, 1.165) is 0 Å². The lowest BCUT2D eigenvalue weighted by Crippen LogP contribution is -2.44. The number of carbonyl (C=O) groups excluding carboxylic acids is 2. The molecule has 162 valence electrons. The number of primary amides is 1. The fourth-order valence-electron chi connectivity index (χ4n) is 3.07. The van der Waals surface area contributed by atoms with Crippen molar-refractivity contribution in [2.24, 2.45) is 5.73 Å². The maximum atomic E-state index is 13.0. The quantitative estimate of drug-likeness (QED) is 0.555. The SMILES string of the molecule is CCN(CC)c1ccc(S(=O)(=O)N2CCOCC2)cc1NC(=O)[C@H](C)NC(N)=O. The smallest absolute Gasteiger partial charge is 0.312 e. The van der Waals surface area contributed by atoms with Crippen LogP contribution in [0.25, 0.3) is 0 Å². The van der Waals surface area contributed by atoms with Crippen molar-refractivity contribution in [2.75, 3.05) is 49.6 Å². The number of urea groups is 1. The van der Waals surface area contributed by atoms with Crippen LogP contribution in [0.2, 0.25) is 0 Å². The number of morpholine rings is 1. The Morgan fingerprint density at radius 3 is 2.41 bits per heavy atom. The van der Waals surface area contributed by atoms with Crippen molar-refractivity contribution in [1.29, 1.82) is 0 Å². The number of anilines is 2. The Morgan fingerprint density at radius 1 is 1.24 bits per heavy atom. The van der Waals surface area contributed by atoms with Gasteiger partial charge in [0.25, 0.3) is 0 Å². The molecular weight excluding hydrogens is 398 g/mol. The van der Waals surface area contributed by atoms with Crippen LogP contribution in [-0.4, -0.2) is 70.1 Å². The Morgan fingerprint density at radius 2 is 1.86 bits per heavy atom. The molecule has 0 aromatic heterocycles. The Kier molecular flexibility index (Phi) is 7.82. The summed E-state index contributed by atoms with van der Waals surface area (Å²) in [6, 6.07) is 2.98. The topological polar surface area (TPSA) is 134 Å². The van der Waals surface area contributed by atoms with Gasteiger partial charge in [-0.25, -0.2) is 13.2 Å². The molecule has 1 aliphatic rings. The molecule has 11 heteroatoms. The summed E-state index contributed by atoms with van der Waals surface area (Å²) in [5.41, 5.74) is 6.12. The number of hydrogen-bond acceptors (Lipinski definition) is 6. The number of ether oxygens (including phenoxy) is 1. The lowest BCUT2D eigenvalue weighted by Gasteiger charge is -2.28. The van der Waals surface area contributed by atoms with Gasteiger partial charge in [-0.2, -0.15) is 4.31 Å². The van der Waals surface area contributed by atoms with Gasteiger partial charge in [-0.3, -0.25) is 4.79 Å². The molecule has 1 aromatic carbocycles. The Balaban J connectivity index is 2.40. The summed E-state index contributed by atoms with van der Waals surface area (Å²) in [5.74, 6) is -0.502. The highest BCUT2D eigenvalue weighted by Crippen LogP contribution is 2.30. The van der Waals surface area contributed by atoms with E-state index in [1.165, 1.54) is 17.3 Å². The summed E-state index contributed by atoms with van der Waals surface area (Å²) in [4.78, 5) is 25.6. The predicted molar refractivity (Wildman–Crippen MR) is 110 cm³/mol. The molecule has 0 radical (unpaired) electrons. The maximum Gasteiger partial charge on any atom is 0.312 e. The van der Waals surface area contributed by atoms with E-state index in [4.69, 9.17) is 10.5 Å². The number of sulfonamides is 1. The molecule has 2 rings (SSSR count). The van der Waals surface area contributed by atoms with E-state index >= 15 is 0 Å². The van der Waals surface area contributed by atoms with Crippen molar-refractivity contribution in [3.8, 4) is 0 Å². The van der Waals surface area contributed by atoms with Crippen molar-refractivity contribution in [2.45, 2.75) is 31.7 Å². The molecule has 29 heavy (non-hydrogen) atoms. The van der Waals surface area contributed by atoms with Crippen LogP contribution < -0.4 is 21.3 Å². The number of nitrogens with one attached hydrogen (secondary N) is 2. The summed E-state index contributed by atoms with van der Waals surface area (Å²) in [5, 5.41) is 5.03. The molecule has 4 N–H and O–H groups in total. The minimum atomic E-state index is -3.72. The minimum Gasteiger partial charge on any atom is -0.379 e. The largest absolute Gasteiger partial charge is 0.379 e. The molecule has 1 atom stereocenters. The van der Waals surface area contributed by atoms with E-state index in [-0.39, 0.29) is 18.0 Å². The second kappa shape index (κ2) is 9.90. The van der Waals surface area contributed by atoms with Crippen LogP contribution in [0.15, 0.2) is 23.1 Å². The molecule has 1 aliphatic heterocycles. The monoisotopic (exact) mass is 427 g/mol. The van der Waals surface area contributed by atoms with E-state index < -0.39 is 28.0 Å². The van der Waals surface area contributed by atoms with Gasteiger partial charge in [0.1, 0.15) is 6.04 Å². The molecule has 1 aromatic rings. The van der Waals surface area contributed by atoms with E-state index in [0.29, 0.717) is 37.7 Å². The molecule has 0 spiro atoms. The van der Waals surface area contributed by atoms with E-state index in [2.05, 4.69) is 10.6 Å². The van der Waals surface area contributed by atoms with Crippen molar-refractivity contribution in [3.63, 3.8) is 0 Å². The summed E-state index contributed by atoms with van der Waals surface area (Å²) in [6.45, 7) is 8.01. The van der Waals surface area contributed by atoms with Crippen LogP contribution in [0.1, 0.15) is 20.8 Å². The third kappa shape index (κ3) is 5.58. The van der Waals surface area contributed by atoms with Gasteiger partial charge in [-0.05, 0) is 39.0 Å². The zero-order valence-corrected chi connectivity index (χ0v) is 17.8. The van der Waals surface area contributed by atoms with Crippen molar-refractivity contribution in [3.05, 3.63) is 18.2 Å². The highest BCUT2D eigenvalue weighted by Gasteiger charge is 2.28. The first kappa shape index (κ1) is 22.9. The standard InChI is InChI=1S/C18H29N5O5S/c1-4-22(5-2)16-7-6-14(29(26,27)23-8-10-28-11-9-23)12-15(16)21-17(24)13(3)20-18(19)25/h6-7,12-13H,4-5,8-11H2,1-3H3,(H,21,24)(H3,19,20,25)/t13-/m0/s1. The third-order valence-corrected chi connectivity index (χ3v) is 6.58. The molecular formula is C18H29N5O5S. The normalized spacial score (nSPS) is 16.1. The highest BCUT2D eigenvalue weighted by atomic mass is 32.2. The number of nitrogens with two attached hydrogens (primary N) is 1. The summed E-state index contributed by atoms with van der Waals surface area (Å²) >= 11 is 0. The van der Waals surface area contributed by atoms with Crippen molar-refractivity contribution in [1.82, 2.24) is 9.62 Å². The van der Waals surface area contributed by atoms with Gasteiger partial charge < -0.3 is 26.0 Å². The van der Waals surface area contributed by atoms with Crippen molar-refractivity contribution < 1.29 is 22.7 Å². The zero-order chi connectivity index (χ0) is 21.6. The van der Waals surface area contributed by atoms with Gasteiger partial charge in [0, 0.05) is 26.2 Å². The number of carbonyl (C=O) groups is 2. The minimum absolute atomic E-state index is 0.0844. The number of rotatable bonds is 8. The van der Waals surface area contributed by atoms with E-state index in [9.17, 15) is 18.0 Å². The average Bonchev–Trinajstić information content (AvgIpc) is 2.69. The van der Waals surface area contributed by atoms with Crippen LogP contribution >= 0.6 is 0 Å². The fraction of sp³-hybridized carbons (Fsp3) is 0.556. The van der Waals surface area contributed by atoms with Gasteiger partial charge >= 0.3 is 6.03 Å². The van der Waals surface area contributed by atoms with Gasteiger partial charge in [-0.15, -0.1) is 0 Å². The molecule has 3 amide bonds. The summed E-state index contributed by atoms with van der Waals surface area (Å²) in [7, 11) is -3.72. The molecule has 0 aliphatic carbocycles. The first-order valence-electron chi connectivity index (χ1n) is 9.54. The first-order chi connectivity index (χ1) is 13.7. The average molecular weight is 428 g/mol. The second-order valence-corrected chi connectivity index (χ2v) is 8.53. The van der Waals surface area contributed by atoms with Crippen LogP contribution in [0.3, 0.4) is 0 Å². The number of benzene rings is 1. The van der Waals surface area contributed by atoms with Crippen LogP contribution in [0.4, 0.5) is 16.2 Å². The summed E-state index contributed by atoms with van der Waals surface area (Å²) < 4.78 is 32.6. The predicted octanol–water partition coefficient (Wildman–Crippen LogP) is 0.549. The third-order valence-electron chi connectivity index (χ3n) is 4.69. The molecule has 0 saturated carbocycles. The van der Waals surface area contributed by atoms with Gasteiger partial charge in [0.15, 0.2) is 0 Å². The molecule has 0 bridgehead atoms. The molecule has 0 unspecified atom stereocenters. The Labute approximate surface area is 171 Å². The van der Waals surface area contributed by atoms with Crippen LogP contribution in [-0.2, 0) is 19.6 Å². The zero-order valence-electron chi connectivity index (χ0n) is 17.0. The molecule has 10 nitrogen and oxygen atoms in total. The summed E-state index contributed by atoms with van der Waals surface area (Å²) in [6.07, 6.45) is 0. The van der Waals surface area contributed by atoms with E-state index in [1.807, 2.05) is 18.7 Å². The van der Waals surface area contributed by atoms with Gasteiger partial charge in [-0.1, -0.05) is 0 Å². The van der Waals surface area contributed by atoms with Crippen LogP contribution in [0, 0.1) is 0 Å². The highest BCUT2D eigenvalue weighted by molar-refractivity contribution is 7.89. The molecule has 1 saturated heterocycles. The van der Waals surface area contributed by atoms with E-state index in [1.54, 1.807) is 12.1 Å². The van der Waals surface area contributed by atoms with Crippen LogP contribution in [0.5, 0.6) is 0 Å². The lowest BCUT2D eigenvalue weighted by molar-refractivity contribution is -0.117. The fourth-order valence-corrected chi connectivity index (χ4v) is 4.51. The lowest BCUT2D eigenvalue weighted by atomic mass is 10.2. The number of hydrogen-bond donors (Lipinski definition) is 3. The number of amides is 3. The van der Waals surface area contributed by atoms with Gasteiger partial charge in [0.05, 0.1) is 29.5 Å². The Hall–Kier alpha value is -2.37. The van der Waals surface area contributed by atoms with Gasteiger partial charge in [0.2, 0.25) is 15.9 Å². The first-order valence-corrected chi connectivity index (χ1v) is 11.0.